The van der Waals surface area contributed by atoms with Gasteiger partial charge in [0.1, 0.15) is 11.5 Å². The first-order valence-corrected chi connectivity index (χ1v) is 8.50. The molecule has 0 aliphatic carbocycles. The van der Waals surface area contributed by atoms with E-state index < -0.39 is 0 Å². The fourth-order valence-corrected chi connectivity index (χ4v) is 2.79. The van der Waals surface area contributed by atoms with Crippen LogP contribution < -0.4 is 20.1 Å². The first kappa shape index (κ1) is 23.0. The number of carbonyl (C=O) groups excluding carboxylic acids is 1. The van der Waals surface area contributed by atoms with Gasteiger partial charge in [-0.25, -0.2) is 4.98 Å². The van der Waals surface area contributed by atoms with Crippen LogP contribution in [0.15, 0.2) is 42.6 Å². The van der Waals surface area contributed by atoms with Crippen LogP contribution in [0.4, 0.5) is 0 Å². The van der Waals surface area contributed by atoms with E-state index in [1.807, 2.05) is 24.3 Å². The molecule has 1 saturated heterocycles. The van der Waals surface area contributed by atoms with Gasteiger partial charge < -0.3 is 20.1 Å². The van der Waals surface area contributed by atoms with Crippen LogP contribution in [0.5, 0.6) is 17.4 Å². The van der Waals surface area contributed by atoms with E-state index in [2.05, 4.69) is 15.6 Å². The number of benzene rings is 1. The van der Waals surface area contributed by atoms with Crippen molar-refractivity contribution in [3.05, 3.63) is 48.2 Å². The summed E-state index contributed by atoms with van der Waals surface area (Å²) < 4.78 is 10.9. The van der Waals surface area contributed by atoms with Crippen molar-refractivity contribution in [2.75, 3.05) is 13.7 Å². The van der Waals surface area contributed by atoms with E-state index in [-0.39, 0.29) is 30.7 Å². The van der Waals surface area contributed by atoms with Crippen LogP contribution in [-0.2, 0) is 11.3 Å². The Morgan fingerprint density at radius 3 is 2.74 bits per heavy atom. The second-order valence-electron chi connectivity index (χ2n) is 6.06. The lowest BCUT2D eigenvalue weighted by atomic mass is 10.1. The number of carbonyl (C=O) groups is 1. The van der Waals surface area contributed by atoms with E-state index in [4.69, 9.17) is 9.47 Å². The molecule has 1 aliphatic heterocycles. The quantitative estimate of drug-likeness (QED) is 0.726. The molecular formula is C19H25Cl2N3O3. The molecule has 1 atom stereocenters. The monoisotopic (exact) mass is 413 g/mol. The van der Waals surface area contributed by atoms with Gasteiger partial charge in [-0.2, -0.15) is 0 Å². The Morgan fingerprint density at radius 1 is 1.26 bits per heavy atom. The lowest BCUT2D eigenvalue weighted by Gasteiger charge is -2.11. The maximum absolute atomic E-state index is 11.9. The predicted molar refractivity (Wildman–Crippen MR) is 109 cm³/mol. The number of hydrogen-bond donors (Lipinski definition) is 2. The zero-order valence-corrected chi connectivity index (χ0v) is 16.8. The van der Waals surface area contributed by atoms with E-state index in [9.17, 15) is 4.79 Å². The standard InChI is InChI=1S/C19H23N3O3.2ClH/c1-24-16-5-2-6-17(11-16)25-19-8-7-14(13-22-19)12-21-18(23)10-15-4-3-9-20-15;;/h2,5-8,11,13,15,20H,3-4,9-10,12H2,1H3,(H,21,23);2*1H. The lowest BCUT2D eigenvalue weighted by Crippen LogP contribution is -2.31. The molecular weight excluding hydrogens is 389 g/mol. The molecule has 1 unspecified atom stereocenters. The maximum Gasteiger partial charge on any atom is 0.221 e. The number of nitrogens with zero attached hydrogens (tertiary/aromatic N) is 1. The predicted octanol–water partition coefficient (Wildman–Crippen LogP) is 3.48. The van der Waals surface area contributed by atoms with Gasteiger partial charge in [0.15, 0.2) is 0 Å². The maximum atomic E-state index is 11.9. The topological polar surface area (TPSA) is 72.5 Å². The first-order valence-electron chi connectivity index (χ1n) is 8.50. The Morgan fingerprint density at radius 2 is 2.07 bits per heavy atom. The van der Waals surface area contributed by atoms with Crippen LogP contribution in [-0.4, -0.2) is 30.6 Å². The van der Waals surface area contributed by atoms with E-state index in [0.717, 1.165) is 30.7 Å². The molecule has 0 spiro atoms. The largest absolute Gasteiger partial charge is 0.497 e. The summed E-state index contributed by atoms with van der Waals surface area (Å²) in [5.74, 6) is 1.96. The lowest BCUT2D eigenvalue weighted by molar-refractivity contribution is -0.121. The van der Waals surface area contributed by atoms with Gasteiger partial charge in [-0.1, -0.05) is 12.1 Å². The molecule has 148 valence electrons. The summed E-state index contributed by atoms with van der Waals surface area (Å²) in [6.45, 7) is 1.48. The van der Waals surface area contributed by atoms with Crippen molar-refractivity contribution in [2.24, 2.45) is 0 Å². The van der Waals surface area contributed by atoms with Gasteiger partial charge in [0.2, 0.25) is 11.8 Å². The number of rotatable bonds is 7. The van der Waals surface area contributed by atoms with Crippen molar-refractivity contribution in [1.29, 1.82) is 0 Å². The Bertz CT molecular complexity index is 708. The first-order chi connectivity index (χ1) is 12.2. The summed E-state index contributed by atoms with van der Waals surface area (Å²) >= 11 is 0. The minimum absolute atomic E-state index is 0. The van der Waals surface area contributed by atoms with E-state index in [1.54, 1.807) is 25.4 Å². The fraction of sp³-hybridized carbons (Fsp3) is 0.368. The van der Waals surface area contributed by atoms with Gasteiger partial charge in [-0.15, -0.1) is 24.8 Å². The van der Waals surface area contributed by atoms with Crippen LogP contribution in [0.25, 0.3) is 0 Å². The van der Waals surface area contributed by atoms with Crippen LogP contribution in [0.2, 0.25) is 0 Å². The van der Waals surface area contributed by atoms with Gasteiger partial charge in [0, 0.05) is 37.3 Å². The summed E-state index contributed by atoms with van der Waals surface area (Å²) in [5, 5.41) is 6.26. The zero-order valence-electron chi connectivity index (χ0n) is 15.1. The van der Waals surface area contributed by atoms with Crippen LogP contribution in [0.1, 0.15) is 24.8 Å². The molecule has 0 radical (unpaired) electrons. The minimum Gasteiger partial charge on any atom is -0.497 e. The molecule has 1 aliphatic rings. The average molecular weight is 414 g/mol. The highest BCUT2D eigenvalue weighted by Crippen LogP contribution is 2.23. The molecule has 0 saturated carbocycles. The molecule has 0 bridgehead atoms. The Balaban J connectivity index is 0.00000182. The van der Waals surface area contributed by atoms with Gasteiger partial charge >= 0.3 is 0 Å². The molecule has 3 rings (SSSR count). The van der Waals surface area contributed by atoms with Crippen molar-refractivity contribution >= 4 is 30.7 Å². The highest BCUT2D eigenvalue weighted by atomic mass is 35.5. The molecule has 2 N–H and O–H groups in total. The zero-order chi connectivity index (χ0) is 17.5. The van der Waals surface area contributed by atoms with Gasteiger partial charge in [0.05, 0.1) is 7.11 Å². The number of halogens is 2. The number of methoxy groups -OCH3 is 1. The molecule has 27 heavy (non-hydrogen) atoms. The summed E-state index contributed by atoms with van der Waals surface area (Å²) in [6, 6.07) is 11.4. The summed E-state index contributed by atoms with van der Waals surface area (Å²) in [5.41, 5.74) is 0.936. The second kappa shape index (κ2) is 11.6. The smallest absolute Gasteiger partial charge is 0.221 e. The Hall–Kier alpha value is -2.02. The Kier molecular flexibility index (Phi) is 9.93. The third-order valence-corrected chi connectivity index (χ3v) is 4.15. The van der Waals surface area contributed by atoms with Crippen LogP contribution in [0, 0.1) is 0 Å². The molecule has 8 heteroatoms. The summed E-state index contributed by atoms with van der Waals surface area (Å²) in [6.07, 6.45) is 4.47. The third kappa shape index (κ3) is 7.25. The molecule has 6 nitrogen and oxygen atoms in total. The summed E-state index contributed by atoms with van der Waals surface area (Å²) in [7, 11) is 1.61. The van der Waals surface area contributed by atoms with Crippen molar-refractivity contribution in [3.63, 3.8) is 0 Å². The molecule has 1 aromatic heterocycles. The fourth-order valence-electron chi connectivity index (χ4n) is 2.79. The highest BCUT2D eigenvalue weighted by molar-refractivity contribution is 5.85. The van der Waals surface area contributed by atoms with E-state index in [1.165, 1.54) is 0 Å². The van der Waals surface area contributed by atoms with Crippen LogP contribution in [0.3, 0.4) is 0 Å². The number of pyridine rings is 1. The molecule has 1 aromatic carbocycles. The van der Waals surface area contributed by atoms with Gasteiger partial charge in [-0.3, -0.25) is 4.79 Å². The van der Waals surface area contributed by atoms with Crippen molar-refractivity contribution in [2.45, 2.75) is 31.8 Å². The van der Waals surface area contributed by atoms with Crippen molar-refractivity contribution in [3.8, 4) is 17.4 Å². The molecule has 2 heterocycles. The Labute approximate surface area is 171 Å². The number of amides is 1. The van der Waals surface area contributed by atoms with Gasteiger partial charge in [0.25, 0.3) is 0 Å². The number of nitrogens with one attached hydrogen (secondary N) is 2. The van der Waals surface area contributed by atoms with Gasteiger partial charge in [-0.05, 0) is 37.1 Å². The number of aromatic nitrogens is 1. The third-order valence-electron chi connectivity index (χ3n) is 4.15. The minimum atomic E-state index is 0. The summed E-state index contributed by atoms with van der Waals surface area (Å²) in [4.78, 5) is 16.2. The SMILES string of the molecule is COc1cccc(Oc2ccc(CNC(=O)CC3CCCN3)cn2)c1.Cl.Cl. The van der Waals surface area contributed by atoms with Crippen molar-refractivity contribution in [1.82, 2.24) is 15.6 Å². The average Bonchev–Trinajstić information content (AvgIpc) is 3.14. The van der Waals surface area contributed by atoms with Crippen LogP contribution >= 0.6 is 24.8 Å². The molecule has 1 amide bonds. The number of ether oxygens (including phenoxy) is 2. The highest BCUT2D eigenvalue weighted by Gasteiger charge is 2.17. The molecule has 2 aromatic rings. The molecule has 1 fully saturated rings. The second-order valence-corrected chi connectivity index (χ2v) is 6.06. The normalized spacial score (nSPS) is 15.2. The van der Waals surface area contributed by atoms with E-state index in [0.29, 0.717) is 30.6 Å². The van der Waals surface area contributed by atoms with E-state index >= 15 is 0 Å². The van der Waals surface area contributed by atoms with Crippen molar-refractivity contribution < 1.29 is 14.3 Å². The number of hydrogen-bond acceptors (Lipinski definition) is 5.